The van der Waals surface area contributed by atoms with Gasteiger partial charge in [0, 0.05) is 11.4 Å². The molecule has 31 heavy (non-hydrogen) atoms. The standard InChI is InChI=1S/C24H28N2O3S2/c1-17(2)22-6-4-5-7-23(22)29-15-24-25-19(16-30-24)14-26(20-10-11-20)31(27,28)21-12-8-18(3)9-13-21/h4-9,12-13,16-17,20H,10-11,14-15H2,1-3H3. The largest absolute Gasteiger partial charge is 0.486 e. The number of hydrogen-bond acceptors (Lipinski definition) is 5. The molecule has 1 aliphatic carbocycles. The van der Waals surface area contributed by atoms with Gasteiger partial charge < -0.3 is 4.74 Å². The van der Waals surface area contributed by atoms with Gasteiger partial charge in [-0.1, -0.05) is 49.7 Å². The summed E-state index contributed by atoms with van der Waals surface area (Å²) in [5.74, 6) is 1.25. The minimum Gasteiger partial charge on any atom is -0.486 e. The number of ether oxygens (including phenoxy) is 1. The van der Waals surface area contributed by atoms with Gasteiger partial charge in [-0.25, -0.2) is 13.4 Å². The van der Waals surface area contributed by atoms with Crippen LogP contribution < -0.4 is 4.74 Å². The van der Waals surface area contributed by atoms with Crippen molar-refractivity contribution in [3.8, 4) is 5.75 Å². The fourth-order valence-electron chi connectivity index (χ4n) is 3.49. The molecule has 0 aliphatic heterocycles. The number of benzene rings is 2. The Labute approximate surface area is 188 Å². The highest BCUT2D eigenvalue weighted by Crippen LogP contribution is 2.34. The molecule has 0 radical (unpaired) electrons. The van der Waals surface area contributed by atoms with Gasteiger partial charge >= 0.3 is 0 Å². The Bertz CT molecular complexity index is 1130. The molecule has 5 nitrogen and oxygen atoms in total. The van der Waals surface area contributed by atoms with Crippen LogP contribution in [0.1, 0.15) is 54.4 Å². The quantitative estimate of drug-likeness (QED) is 0.426. The van der Waals surface area contributed by atoms with E-state index in [1.165, 1.54) is 16.9 Å². The number of nitrogens with zero attached hydrogens (tertiary/aromatic N) is 2. The predicted octanol–water partition coefficient (Wildman–Crippen LogP) is 5.51. The second kappa shape index (κ2) is 9.10. The van der Waals surface area contributed by atoms with Gasteiger partial charge in [-0.15, -0.1) is 11.3 Å². The van der Waals surface area contributed by atoms with Crippen molar-refractivity contribution < 1.29 is 13.2 Å². The molecule has 3 aromatic rings. The first kappa shape index (κ1) is 22.0. The Balaban J connectivity index is 1.46. The van der Waals surface area contributed by atoms with E-state index in [-0.39, 0.29) is 6.04 Å². The molecule has 0 amide bonds. The average Bonchev–Trinajstić information content (AvgIpc) is 3.49. The minimum absolute atomic E-state index is 0.0608. The Hall–Kier alpha value is -2.22. The summed E-state index contributed by atoms with van der Waals surface area (Å²) >= 11 is 1.51. The van der Waals surface area contributed by atoms with E-state index in [0.29, 0.717) is 24.0 Å². The summed E-state index contributed by atoms with van der Waals surface area (Å²) in [5, 5.41) is 2.78. The van der Waals surface area contributed by atoms with Crippen molar-refractivity contribution in [2.75, 3.05) is 0 Å². The molecule has 2 aromatic carbocycles. The normalized spacial score (nSPS) is 14.4. The lowest BCUT2D eigenvalue weighted by Gasteiger charge is -2.21. The number of sulfonamides is 1. The van der Waals surface area contributed by atoms with Crippen molar-refractivity contribution in [3.63, 3.8) is 0 Å². The summed E-state index contributed by atoms with van der Waals surface area (Å²) in [6.45, 7) is 6.91. The van der Waals surface area contributed by atoms with Gasteiger partial charge in [0.1, 0.15) is 17.4 Å². The molecule has 0 saturated heterocycles. The van der Waals surface area contributed by atoms with Crippen molar-refractivity contribution in [1.29, 1.82) is 0 Å². The van der Waals surface area contributed by atoms with Crippen LogP contribution in [0.4, 0.5) is 0 Å². The van der Waals surface area contributed by atoms with Gasteiger partial charge in [0.2, 0.25) is 10.0 Å². The van der Waals surface area contributed by atoms with E-state index < -0.39 is 10.0 Å². The Morgan fingerprint density at radius 3 is 2.52 bits per heavy atom. The summed E-state index contributed by atoms with van der Waals surface area (Å²) < 4.78 is 34.1. The third-order valence-corrected chi connectivity index (χ3v) is 8.17. The molecule has 1 saturated carbocycles. The van der Waals surface area contributed by atoms with Crippen LogP contribution in [0.25, 0.3) is 0 Å². The molecule has 1 fully saturated rings. The minimum atomic E-state index is -3.55. The zero-order valence-corrected chi connectivity index (χ0v) is 19.7. The molecule has 0 spiro atoms. The summed E-state index contributed by atoms with van der Waals surface area (Å²) in [5.41, 5.74) is 2.98. The van der Waals surface area contributed by atoms with Crippen LogP contribution in [0.2, 0.25) is 0 Å². The average molecular weight is 457 g/mol. The van der Waals surface area contributed by atoms with Gasteiger partial charge in [-0.05, 0) is 49.4 Å². The summed E-state index contributed by atoms with van der Waals surface area (Å²) in [6, 6.07) is 15.2. The van der Waals surface area contributed by atoms with Crippen LogP contribution >= 0.6 is 11.3 Å². The first-order chi connectivity index (χ1) is 14.8. The number of rotatable bonds is 9. The van der Waals surface area contributed by atoms with Gasteiger partial charge in [-0.3, -0.25) is 0 Å². The molecule has 0 bridgehead atoms. The number of aryl methyl sites for hydroxylation is 1. The monoisotopic (exact) mass is 456 g/mol. The van der Waals surface area contributed by atoms with Gasteiger partial charge in [-0.2, -0.15) is 4.31 Å². The topological polar surface area (TPSA) is 59.5 Å². The van der Waals surface area contributed by atoms with Crippen LogP contribution in [-0.2, 0) is 23.2 Å². The summed E-state index contributed by atoms with van der Waals surface area (Å²) in [6.07, 6.45) is 1.80. The van der Waals surface area contributed by atoms with E-state index in [1.807, 2.05) is 42.6 Å². The third kappa shape index (κ3) is 5.17. The lowest BCUT2D eigenvalue weighted by atomic mass is 10.0. The predicted molar refractivity (Wildman–Crippen MR) is 124 cm³/mol. The lowest BCUT2D eigenvalue weighted by Crippen LogP contribution is -2.32. The third-order valence-electron chi connectivity index (χ3n) is 5.39. The fourth-order valence-corrected chi connectivity index (χ4v) is 5.85. The number of thiazole rings is 1. The number of hydrogen-bond donors (Lipinski definition) is 0. The number of para-hydroxylation sites is 1. The molecule has 164 valence electrons. The van der Waals surface area contributed by atoms with Crippen molar-refractivity contribution in [3.05, 3.63) is 75.7 Å². The van der Waals surface area contributed by atoms with Gasteiger partial charge in [0.05, 0.1) is 17.1 Å². The van der Waals surface area contributed by atoms with Gasteiger partial charge in [0.25, 0.3) is 0 Å². The van der Waals surface area contributed by atoms with Crippen molar-refractivity contribution in [1.82, 2.24) is 9.29 Å². The van der Waals surface area contributed by atoms with E-state index in [1.54, 1.807) is 16.4 Å². The van der Waals surface area contributed by atoms with E-state index in [9.17, 15) is 8.42 Å². The highest BCUT2D eigenvalue weighted by Gasteiger charge is 2.38. The maximum Gasteiger partial charge on any atom is 0.243 e. The summed E-state index contributed by atoms with van der Waals surface area (Å²) in [4.78, 5) is 5.00. The zero-order chi connectivity index (χ0) is 22.0. The van der Waals surface area contributed by atoms with E-state index in [0.717, 1.165) is 34.9 Å². The fraction of sp³-hybridized carbons (Fsp3) is 0.375. The second-order valence-electron chi connectivity index (χ2n) is 8.31. The van der Waals surface area contributed by atoms with Crippen LogP contribution in [-0.4, -0.2) is 23.7 Å². The lowest BCUT2D eigenvalue weighted by molar-refractivity contribution is 0.300. The Morgan fingerprint density at radius 1 is 1.13 bits per heavy atom. The molecule has 0 unspecified atom stereocenters. The molecule has 1 aliphatic rings. The molecule has 0 N–H and O–H groups in total. The van der Waals surface area contributed by atoms with Crippen LogP contribution in [0.3, 0.4) is 0 Å². The van der Waals surface area contributed by atoms with Gasteiger partial charge in [0.15, 0.2) is 0 Å². The maximum atomic E-state index is 13.2. The summed E-state index contributed by atoms with van der Waals surface area (Å²) in [7, 11) is -3.55. The molecule has 1 aromatic heterocycles. The maximum absolute atomic E-state index is 13.2. The highest BCUT2D eigenvalue weighted by molar-refractivity contribution is 7.89. The molecule has 1 heterocycles. The molecule has 0 atom stereocenters. The van der Waals surface area contributed by atoms with Crippen molar-refractivity contribution in [2.45, 2.75) is 63.6 Å². The van der Waals surface area contributed by atoms with E-state index in [2.05, 4.69) is 24.9 Å². The van der Waals surface area contributed by atoms with E-state index in [4.69, 9.17) is 4.74 Å². The van der Waals surface area contributed by atoms with Crippen LogP contribution in [0.5, 0.6) is 5.75 Å². The first-order valence-corrected chi connectivity index (χ1v) is 12.9. The second-order valence-corrected chi connectivity index (χ2v) is 11.1. The smallest absolute Gasteiger partial charge is 0.243 e. The SMILES string of the molecule is Cc1ccc(S(=O)(=O)N(Cc2csc(COc3ccccc3C(C)C)n2)C2CC2)cc1. The molecular formula is C24H28N2O3S2. The Morgan fingerprint density at radius 2 is 1.84 bits per heavy atom. The molecule has 7 heteroatoms. The van der Waals surface area contributed by atoms with Crippen molar-refractivity contribution >= 4 is 21.4 Å². The first-order valence-electron chi connectivity index (χ1n) is 10.6. The molecular weight excluding hydrogens is 428 g/mol. The molecule has 4 rings (SSSR count). The zero-order valence-electron chi connectivity index (χ0n) is 18.1. The van der Waals surface area contributed by atoms with Crippen LogP contribution in [0, 0.1) is 6.92 Å². The van der Waals surface area contributed by atoms with Crippen molar-refractivity contribution in [2.24, 2.45) is 0 Å². The van der Waals surface area contributed by atoms with E-state index >= 15 is 0 Å². The number of aromatic nitrogens is 1. The Kier molecular flexibility index (Phi) is 6.46. The van der Waals surface area contributed by atoms with Crippen LogP contribution in [0.15, 0.2) is 58.8 Å². The highest BCUT2D eigenvalue weighted by atomic mass is 32.2.